The van der Waals surface area contributed by atoms with Crippen LogP contribution in [0.25, 0.3) is 0 Å². The molecule has 0 saturated heterocycles. The van der Waals surface area contributed by atoms with Crippen molar-refractivity contribution in [1.82, 2.24) is 9.97 Å². The maximum atomic E-state index is 5.70. The van der Waals surface area contributed by atoms with Gasteiger partial charge in [0.05, 0.1) is 4.47 Å². The van der Waals surface area contributed by atoms with Gasteiger partial charge >= 0.3 is 0 Å². The van der Waals surface area contributed by atoms with Gasteiger partial charge in [-0.1, -0.05) is 28.1 Å². The van der Waals surface area contributed by atoms with Crippen LogP contribution in [-0.4, -0.2) is 9.97 Å². The highest BCUT2D eigenvalue weighted by Gasteiger charge is 2.03. The Morgan fingerprint density at radius 2 is 2.06 bits per heavy atom. The summed E-state index contributed by atoms with van der Waals surface area (Å²) in [4.78, 5) is 8.41. The van der Waals surface area contributed by atoms with Gasteiger partial charge in [-0.3, -0.25) is 0 Å². The lowest BCUT2D eigenvalue weighted by Gasteiger charge is -2.03. The smallest absolute Gasteiger partial charge is 0.141 e. The summed E-state index contributed by atoms with van der Waals surface area (Å²) in [5.41, 5.74) is 6.85. The number of hydrogen-bond acceptors (Lipinski definition) is 3. The molecule has 0 saturated carbocycles. The van der Waals surface area contributed by atoms with Crippen LogP contribution in [0.4, 0.5) is 5.82 Å². The average molecular weight is 343 g/mol. The van der Waals surface area contributed by atoms with Gasteiger partial charge in [0, 0.05) is 17.1 Å². The van der Waals surface area contributed by atoms with E-state index in [0.717, 1.165) is 20.3 Å². The van der Waals surface area contributed by atoms with Crippen LogP contribution >= 0.6 is 31.9 Å². The molecule has 0 unspecified atom stereocenters. The summed E-state index contributed by atoms with van der Waals surface area (Å²) in [5.74, 6) is 1.19. The zero-order valence-corrected chi connectivity index (χ0v) is 11.5. The summed E-state index contributed by atoms with van der Waals surface area (Å²) in [6, 6.07) is 8.05. The molecule has 0 atom stereocenters. The molecule has 3 nitrogen and oxygen atoms in total. The molecule has 1 aromatic carbocycles. The van der Waals surface area contributed by atoms with Crippen molar-refractivity contribution in [2.45, 2.75) is 6.42 Å². The largest absolute Gasteiger partial charge is 0.383 e. The van der Waals surface area contributed by atoms with Gasteiger partial charge in [-0.2, -0.15) is 0 Å². The van der Waals surface area contributed by atoms with E-state index in [1.807, 2.05) is 24.3 Å². The first kappa shape index (κ1) is 11.5. The number of nitrogen functional groups attached to an aromatic ring is 1. The van der Waals surface area contributed by atoms with Crippen molar-refractivity contribution in [3.8, 4) is 0 Å². The van der Waals surface area contributed by atoms with Gasteiger partial charge in [-0.05, 0) is 33.6 Å². The number of aromatic nitrogens is 2. The quantitative estimate of drug-likeness (QED) is 0.911. The van der Waals surface area contributed by atoms with Gasteiger partial charge in [-0.15, -0.1) is 0 Å². The predicted molar refractivity (Wildman–Crippen MR) is 71.1 cm³/mol. The summed E-state index contributed by atoms with van der Waals surface area (Å²) >= 11 is 6.70. The number of hydrogen-bond donors (Lipinski definition) is 1. The number of nitrogens with zero attached hydrogens (tertiary/aromatic N) is 2. The molecule has 2 aromatic rings. The summed E-state index contributed by atoms with van der Waals surface area (Å²) in [6.45, 7) is 0. The molecule has 1 aromatic heterocycles. The Morgan fingerprint density at radius 3 is 2.75 bits per heavy atom. The molecule has 2 rings (SSSR count). The Hall–Kier alpha value is -0.940. The van der Waals surface area contributed by atoms with Crippen LogP contribution in [0.15, 0.2) is 39.4 Å². The normalized spacial score (nSPS) is 10.4. The fourth-order valence-corrected chi connectivity index (χ4v) is 1.97. The fraction of sp³-hybridized carbons (Fsp3) is 0.0909. The van der Waals surface area contributed by atoms with Gasteiger partial charge in [-0.25, -0.2) is 9.97 Å². The Bertz CT molecular complexity index is 514. The van der Waals surface area contributed by atoms with Crippen LogP contribution in [0.2, 0.25) is 0 Å². The zero-order valence-electron chi connectivity index (χ0n) is 8.32. The van der Waals surface area contributed by atoms with E-state index in [1.165, 1.54) is 0 Å². The molecular formula is C11H9Br2N3. The van der Waals surface area contributed by atoms with E-state index in [9.17, 15) is 0 Å². The van der Waals surface area contributed by atoms with E-state index in [2.05, 4.69) is 41.8 Å². The highest BCUT2D eigenvalue weighted by Crippen LogP contribution is 2.17. The second-order valence-corrected chi connectivity index (χ2v) is 5.10. The standard InChI is InChI=1S/C11H9Br2N3/c12-8-3-1-2-7(4-8)5-10-15-6-9(13)11(14)16-10/h1-4,6H,5H2,(H2,14,15,16). The van der Waals surface area contributed by atoms with Crippen LogP contribution in [0.1, 0.15) is 11.4 Å². The van der Waals surface area contributed by atoms with Crippen molar-refractivity contribution in [3.63, 3.8) is 0 Å². The van der Waals surface area contributed by atoms with Crippen molar-refractivity contribution in [2.75, 3.05) is 5.73 Å². The first-order chi connectivity index (χ1) is 7.65. The molecule has 0 aliphatic rings. The lowest BCUT2D eigenvalue weighted by atomic mass is 10.1. The molecular weight excluding hydrogens is 334 g/mol. The van der Waals surface area contributed by atoms with E-state index in [-0.39, 0.29) is 0 Å². The molecule has 5 heteroatoms. The molecule has 0 aliphatic heterocycles. The zero-order chi connectivity index (χ0) is 11.5. The Kier molecular flexibility index (Phi) is 3.56. The summed E-state index contributed by atoms with van der Waals surface area (Å²) in [7, 11) is 0. The number of anilines is 1. The summed E-state index contributed by atoms with van der Waals surface area (Å²) in [5, 5.41) is 0. The molecule has 0 aliphatic carbocycles. The highest BCUT2D eigenvalue weighted by molar-refractivity contribution is 9.10. The third-order valence-electron chi connectivity index (χ3n) is 2.07. The van der Waals surface area contributed by atoms with E-state index >= 15 is 0 Å². The molecule has 0 radical (unpaired) electrons. The monoisotopic (exact) mass is 341 g/mol. The van der Waals surface area contributed by atoms with Crippen LogP contribution in [0.5, 0.6) is 0 Å². The van der Waals surface area contributed by atoms with Gasteiger partial charge < -0.3 is 5.73 Å². The number of rotatable bonds is 2. The molecule has 0 bridgehead atoms. The van der Waals surface area contributed by atoms with Gasteiger partial charge in [0.2, 0.25) is 0 Å². The lowest BCUT2D eigenvalue weighted by Crippen LogP contribution is -2.00. The van der Waals surface area contributed by atoms with Crippen molar-refractivity contribution < 1.29 is 0 Å². The van der Waals surface area contributed by atoms with E-state index in [4.69, 9.17) is 5.73 Å². The third kappa shape index (κ3) is 2.80. The average Bonchev–Trinajstić information content (AvgIpc) is 2.24. The Morgan fingerprint density at radius 1 is 1.25 bits per heavy atom. The Labute approximate surface area is 110 Å². The minimum atomic E-state index is 0.472. The first-order valence-corrected chi connectivity index (χ1v) is 6.25. The molecule has 2 N–H and O–H groups in total. The van der Waals surface area contributed by atoms with Crippen LogP contribution in [0.3, 0.4) is 0 Å². The minimum absolute atomic E-state index is 0.472. The second-order valence-electron chi connectivity index (χ2n) is 3.33. The second kappa shape index (κ2) is 4.93. The molecule has 82 valence electrons. The third-order valence-corrected chi connectivity index (χ3v) is 3.18. The van der Waals surface area contributed by atoms with Crippen molar-refractivity contribution in [3.05, 3.63) is 50.8 Å². The molecule has 16 heavy (non-hydrogen) atoms. The first-order valence-electron chi connectivity index (χ1n) is 4.66. The minimum Gasteiger partial charge on any atom is -0.383 e. The van der Waals surface area contributed by atoms with E-state index in [0.29, 0.717) is 12.2 Å². The van der Waals surface area contributed by atoms with Gasteiger partial charge in [0.25, 0.3) is 0 Å². The topological polar surface area (TPSA) is 51.8 Å². The molecule has 0 spiro atoms. The predicted octanol–water partition coefficient (Wildman–Crippen LogP) is 3.17. The summed E-state index contributed by atoms with van der Waals surface area (Å²) in [6.07, 6.45) is 2.35. The number of halogens is 2. The van der Waals surface area contributed by atoms with Gasteiger partial charge in [0.1, 0.15) is 11.6 Å². The van der Waals surface area contributed by atoms with E-state index < -0.39 is 0 Å². The van der Waals surface area contributed by atoms with Crippen LogP contribution in [-0.2, 0) is 6.42 Å². The fourth-order valence-electron chi connectivity index (χ4n) is 1.33. The lowest BCUT2D eigenvalue weighted by molar-refractivity contribution is 0.968. The molecule has 0 fully saturated rings. The van der Waals surface area contributed by atoms with Crippen molar-refractivity contribution >= 4 is 37.7 Å². The number of benzene rings is 1. The van der Waals surface area contributed by atoms with Crippen LogP contribution < -0.4 is 5.73 Å². The SMILES string of the molecule is Nc1nc(Cc2cccc(Br)c2)ncc1Br. The van der Waals surface area contributed by atoms with E-state index in [1.54, 1.807) is 6.20 Å². The van der Waals surface area contributed by atoms with Crippen LogP contribution in [0, 0.1) is 0 Å². The van der Waals surface area contributed by atoms with Gasteiger partial charge in [0.15, 0.2) is 0 Å². The maximum absolute atomic E-state index is 5.70. The van der Waals surface area contributed by atoms with Crippen molar-refractivity contribution in [1.29, 1.82) is 0 Å². The highest BCUT2D eigenvalue weighted by atomic mass is 79.9. The molecule has 0 amide bonds. The molecule has 1 heterocycles. The van der Waals surface area contributed by atoms with Crippen molar-refractivity contribution in [2.24, 2.45) is 0 Å². The Balaban J connectivity index is 2.24. The maximum Gasteiger partial charge on any atom is 0.141 e. The number of nitrogens with two attached hydrogens (primary N) is 1. The summed E-state index contributed by atoms with van der Waals surface area (Å²) < 4.78 is 1.78.